The Kier molecular flexibility index (Phi) is 4.55. The molecular formula is C8H12F3NO. The van der Waals surface area contributed by atoms with Gasteiger partial charge in [-0.3, -0.25) is 0 Å². The average Bonchev–Trinajstić information content (AvgIpc) is 2.01. The zero-order chi connectivity index (χ0) is 10.5. The Bertz CT molecular complexity index is 208. The topological polar surface area (TPSA) is 32.3 Å². The number of rotatable bonds is 4. The third-order valence-corrected chi connectivity index (χ3v) is 1.48. The lowest BCUT2D eigenvalue weighted by molar-refractivity contribution is -0.0894. The predicted octanol–water partition coefficient (Wildman–Crippen LogP) is 1.94. The minimum absolute atomic E-state index is 0.0509. The Balaban J connectivity index is 4.93. The van der Waals surface area contributed by atoms with Gasteiger partial charge >= 0.3 is 6.18 Å². The summed E-state index contributed by atoms with van der Waals surface area (Å²) in [7, 11) is 0. The molecule has 76 valence electrons. The van der Waals surface area contributed by atoms with Gasteiger partial charge in [-0.25, -0.2) is 0 Å². The second-order valence-electron chi connectivity index (χ2n) is 2.28. The van der Waals surface area contributed by atoms with E-state index >= 15 is 0 Å². The van der Waals surface area contributed by atoms with Crippen molar-refractivity contribution in [1.29, 1.82) is 0 Å². The van der Waals surface area contributed by atoms with Crippen molar-refractivity contribution in [1.82, 2.24) is 5.32 Å². The van der Waals surface area contributed by atoms with Crippen LogP contribution < -0.4 is 5.32 Å². The molecule has 13 heavy (non-hydrogen) atoms. The van der Waals surface area contributed by atoms with E-state index in [2.05, 4.69) is 11.9 Å². The van der Waals surface area contributed by atoms with E-state index in [1.54, 1.807) is 6.92 Å². The summed E-state index contributed by atoms with van der Waals surface area (Å²) in [5, 5.41) is 10.7. The van der Waals surface area contributed by atoms with Crippen LogP contribution in [0.4, 0.5) is 13.2 Å². The predicted molar refractivity (Wildman–Crippen MR) is 43.8 cm³/mol. The van der Waals surface area contributed by atoms with Gasteiger partial charge in [0, 0.05) is 5.70 Å². The summed E-state index contributed by atoms with van der Waals surface area (Å²) in [6, 6.07) is 0. The summed E-state index contributed by atoms with van der Waals surface area (Å²) in [6.07, 6.45) is -3.52. The molecule has 0 aromatic heterocycles. The number of allylic oxidation sites excluding steroid dienone is 3. The molecule has 0 amide bonds. The van der Waals surface area contributed by atoms with Crippen molar-refractivity contribution in [3.8, 4) is 0 Å². The Morgan fingerprint density at radius 3 is 2.31 bits per heavy atom. The van der Waals surface area contributed by atoms with Crippen LogP contribution >= 0.6 is 0 Å². The first-order chi connectivity index (χ1) is 5.97. The van der Waals surface area contributed by atoms with Crippen LogP contribution in [0.3, 0.4) is 0 Å². The van der Waals surface area contributed by atoms with E-state index in [4.69, 9.17) is 5.11 Å². The minimum atomic E-state index is -4.42. The SMILES string of the molecule is C=C/C(=C(\CC)NCO)C(F)(F)F. The van der Waals surface area contributed by atoms with E-state index in [1.807, 2.05) is 0 Å². The summed E-state index contributed by atoms with van der Waals surface area (Å²) in [5.41, 5.74) is -0.881. The van der Waals surface area contributed by atoms with Gasteiger partial charge < -0.3 is 10.4 Å². The molecule has 2 N–H and O–H groups in total. The molecule has 0 unspecified atom stereocenters. The third-order valence-electron chi connectivity index (χ3n) is 1.48. The molecule has 0 aliphatic rings. The van der Waals surface area contributed by atoms with Crippen molar-refractivity contribution in [3.05, 3.63) is 23.9 Å². The van der Waals surface area contributed by atoms with Crippen LogP contribution in [0, 0.1) is 0 Å². The molecule has 0 rings (SSSR count). The molecule has 0 bridgehead atoms. The molecule has 0 saturated heterocycles. The van der Waals surface area contributed by atoms with Gasteiger partial charge in [-0.05, 0) is 6.42 Å². The van der Waals surface area contributed by atoms with Crippen molar-refractivity contribution >= 4 is 0 Å². The summed E-state index contributed by atoms with van der Waals surface area (Å²) in [4.78, 5) is 0. The highest BCUT2D eigenvalue weighted by atomic mass is 19.4. The molecule has 0 aliphatic carbocycles. The fourth-order valence-electron chi connectivity index (χ4n) is 0.916. The fourth-order valence-corrected chi connectivity index (χ4v) is 0.916. The Morgan fingerprint density at radius 1 is 1.54 bits per heavy atom. The maximum Gasteiger partial charge on any atom is 0.418 e. The minimum Gasteiger partial charge on any atom is -0.377 e. The lowest BCUT2D eigenvalue weighted by atomic mass is 10.1. The van der Waals surface area contributed by atoms with E-state index in [9.17, 15) is 13.2 Å². The first kappa shape index (κ1) is 12.0. The largest absolute Gasteiger partial charge is 0.418 e. The molecule has 0 heterocycles. The third kappa shape index (κ3) is 3.50. The number of hydrogen-bond acceptors (Lipinski definition) is 2. The van der Waals surface area contributed by atoms with Gasteiger partial charge in [-0.2, -0.15) is 13.2 Å². The summed E-state index contributed by atoms with van der Waals surface area (Å²) < 4.78 is 36.7. The number of halogens is 3. The first-order valence-corrected chi connectivity index (χ1v) is 3.74. The molecule has 0 spiro atoms. The van der Waals surface area contributed by atoms with Gasteiger partial charge in [0.2, 0.25) is 0 Å². The van der Waals surface area contributed by atoms with Gasteiger partial charge in [0.1, 0.15) is 6.73 Å². The zero-order valence-electron chi connectivity index (χ0n) is 7.28. The number of hydrogen-bond donors (Lipinski definition) is 2. The van der Waals surface area contributed by atoms with E-state index in [1.165, 1.54) is 0 Å². The Morgan fingerprint density at radius 2 is 2.08 bits per heavy atom. The summed E-state index contributed by atoms with van der Waals surface area (Å²) >= 11 is 0. The summed E-state index contributed by atoms with van der Waals surface area (Å²) in [5.74, 6) is 0. The maximum absolute atomic E-state index is 12.2. The molecule has 0 radical (unpaired) electrons. The highest BCUT2D eigenvalue weighted by Crippen LogP contribution is 2.28. The van der Waals surface area contributed by atoms with Crippen LogP contribution in [0.2, 0.25) is 0 Å². The summed E-state index contributed by atoms with van der Waals surface area (Å²) in [6.45, 7) is 4.12. The van der Waals surface area contributed by atoms with Crippen molar-refractivity contribution in [2.75, 3.05) is 6.73 Å². The van der Waals surface area contributed by atoms with Crippen LogP contribution in [-0.4, -0.2) is 18.0 Å². The molecular weight excluding hydrogens is 183 g/mol. The molecule has 0 atom stereocenters. The average molecular weight is 195 g/mol. The molecule has 2 nitrogen and oxygen atoms in total. The van der Waals surface area contributed by atoms with E-state index in [-0.39, 0.29) is 12.1 Å². The van der Waals surface area contributed by atoms with E-state index < -0.39 is 18.5 Å². The normalized spacial score (nSPS) is 13.6. The lowest BCUT2D eigenvalue weighted by Crippen LogP contribution is -2.21. The van der Waals surface area contributed by atoms with Crippen LogP contribution in [0.25, 0.3) is 0 Å². The Labute approximate surface area is 74.8 Å². The van der Waals surface area contributed by atoms with E-state index in [0.29, 0.717) is 0 Å². The Hall–Kier alpha value is -0.970. The standard InChI is InChI=1S/C8H12F3NO/c1-3-6(8(9,10)11)7(4-2)12-5-13/h3,12-13H,1,4-5H2,2H3/b7-6-. The van der Waals surface area contributed by atoms with Crippen LogP contribution in [0.15, 0.2) is 23.9 Å². The highest BCUT2D eigenvalue weighted by molar-refractivity contribution is 5.27. The van der Waals surface area contributed by atoms with Gasteiger partial charge in [0.05, 0.1) is 5.57 Å². The molecule has 0 aromatic rings. The number of aliphatic hydroxyl groups is 1. The van der Waals surface area contributed by atoms with Crippen LogP contribution in [-0.2, 0) is 0 Å². The van der Waals surface area contributed by atoms with Crippen molar-refractivity contribution < 1.29 is 18.3 Å². The molecule has 0 aliphatic heterocycles. The number of alkyl halides is 3. The lowest BCUT2D eigenvalue weighted by Gasteiger charge is -2.14. The van der Waals surface area contributed by atoms with Crippen LogP contribution in [0.5, 0.6) is 0 Å². The van der Waals surface area contributed by atoms with Crippen molar-refractivity contribution in [2.24, 2.45) is 0 Å². The van der Waals surface area contributed by atoms with E-state index in [0.717, 1.165) is 6.08 Å². The molecule has 5 heteroatoms. The maximum atomic E-state index is 12.2. The first-order valence-electron chi connectivity index (χ1n) is 3.74. The van der Waals surface area contributed by atoms with Crippen molar-refractivity contribution in [3.63, 3.8) is 0 Å². The van der Waals surface area contributed by atoms with Crippen molar-refractivity contribution in [2.45, 2.75) is 19.5 Å². The quantitative estimate of drug-likeness (QED) is 0.530. The molecule has 0 aromatic carbocycles. The van der Waals surface area contributed by atoms with Crippen LogP contribution in [0.1, 0.15) is 13.3 Å². The molecule has 0 fully saturated rings. The monoisotopic (exact) mass is 195 g/mol. The highest BCUT2D eigenvalue weighted by Gasteiger charge is 2.33. The number of nitrogens with one attached hydrogen (secondary N) is 1. The number of aliphatic hydroxyl groups excluding tert-OH is 1. The van der Waals surface area contributed by atoms with Gasteiger partial charge in [0.25, 0.3) is 0 Å². The smallest absolute Gasteiger partial charge is 0.377 e. The second kappa shape index (κ2) is 4.91. The fraction of sp³-hybridized carbons (Fsp3) is 0.500. The second-order valence-corrected chi connectivity index (χ2v) is 2.28. The zero-order valence-corrected chi connectivity index (χ0v) is 7.28. The van der Waals surface area contributed by atoms with Gasteiger partial charge in [-0.1, -0.05) is 19.6 Å². The molecule has 0 saturated carbocycles. The van der Waals surface area contributed by atoms with Gasteiger partial charge in [-0.15, -0.1) is 0 Å². The van der Waals surface area contributed by atoms with Gasteiger partial charge in [0.15, 0.2) is 0 Å².